The van der Waals surface area contributed by atoms with Gasteiger partial charge in [-0.15, -0.1) is 0 Å². The van der Waals surface area contributed by atoms with E-state index in [2.05, 4.69) is 15.9 Å². The Balaban J connectivity index is 2.24. The van der Waals surface area contributed by atoms with E-state index in [9.17, 15) is 17.9 Å². The number of hydrogen-bond acceptors (Lipinski definition) is 3. The fraction of sp³-hybridized carbons (Fsp3) is 0.455. The summed E-state index contributed by atoms with van der Waals surface area (Å²) in [5.41, 5.74) is -0.681. The summed E-state index contributed by atoms with van der Waals surface area (Å²) in [4.78, 5) is 0. The van der Waals surface area contributed by atoms with Crippen molar-refractivity contribution in [1.82, 2.24) is 0 Å². The molecule has 0 saturated carbocycles. The van der Waals surface area contributed by atoms with Gasteiger partial charge in [0.25, 0.3) is 0 Å². The van der Waals surface area contributed by atoms with Crippen LogP contribution in [0.25, 0.3) is 0 Å². The molecule has 0 bridgehead atoms. The van der Waals surface area contributed by atoms with Crippen LogP contribution in [0.2, 0.25) is 0 Å². The van der Waals surface area contributed by atoms with E-state index in [1.54, 1.807) is 6.07 Å². The minimum Gasteiger partial charge on any atom is -0.388 e. The van der Waals surface area contributed by atoms with Crippen molar-refractivity contribution in [2.45, 2.75) is 18.4 Å². The molecule has 94 valence electrons. The fourth-order valence-corrected chi connectivity index (χ4v) is 4.36. The minimum atomic E-state index is -3.16. The van der Waals surface area contributed by atoms with Gasteiger partial charge in [0.15, 0.2) is 9.84 Å². The van der Waals surface area contributed by atoms with E-state index in [0.29, 0.717) is 10.0 Å². The molecule has 1 N–H and O–H groups in total. The molecule has 6 heteroatoms. The molecular formula is C11H12BrFO3S. The highest BCUT2D eigenvalue weighted by molar-refractivity contribution is 9.10. The Morgan fingerprint density at radius 2 is 2.18 bits per heavy atom. The number of hydrogen-bond donors (Lipinski definition) is 1. The number of sulfone groups is 1. The SMILES string of the molecule is O=S1(=O)CCC(O)(Cc2cc(F)ccc2Br)C1. The zero-order valence-electron chi connectivity index (χ0n) is 8.99. The molecule has 1 saturated heterocycles. The van der Waals surface area contributed by atoms with Crippen LogP contribution in [-0.2, 0) is 16.3 Å². The van der Waals surface area contributed by atoms with Crippen molar-refractivity contribution in [3.05, 3.63) is 34.1 Å². The summed E-state index contributed by atoms with van der Waals surface area (Å²) in [7, 11) is -3.16. The van der Waals surface area contributed by atoms with Gasteiger partial charge in [-0.2, -0.15) is 0 Å². The maximum atomic E-state index is 13.1. The van der Waals surface area contributed by atoms with Crippen LogP contribution < -0.4 is 0 Å². The quantitative estimate of drug-likeness (QED) is 0.901. The predicted molar refractivity (Wildman–Crippen MR) is 66.0 cm³/mol. The molecular weight excluding hydrogens is 311 g/mol. The number of halogens is 2. The van der Waals surface area contributed by atoms with Crippen molar-refractivity contribution in [2.24, 2.45) is 0 Å². The fourth-order valence-electron chi connectivity index (χ4n) is 2.07. The first kappa shape index (κ1) is 13.0. The summed E-state index contributed by atoms with van der Waals surface area (Å²) < 4.78 is 36.4. The van der Waals surface area contributed by atoms with Crippen molar-refractivity contribution in [1.29, 1.82) is 0 Å². The number of benzene rings is 1. The number of rotatable bonds is 2. The van der Waals surface area contributed by atoms with Gasteiger partial charge in [-0.1, -0.05) is 15.9 Å². The van der Waals surface area contributed by atoms with Crippen LogP contribution in [0.3, 0.4) is 0 Å². The van der Waals surface area contributed by atoms with Gasteiger partial charge in [0.05, 0.1) is 17.1 Å². The third kappa shape index (κ3) is 3.05. The standard InChI is InChI=1S/C11H12BrFO3S/c12-10-2-1-9(13)5-8(10)6-11(14)3-4-17(15,16)7-11/h1-2,5,14H,3-4,6-7H2. The van der Waals surface area contributed by atoms with E-state index in [1.807, 2.05) is 0 Å². The molecule has 1 aliphatic rings. The van der Waals surface area contributed by atoms with Crippen molar-refractivity contribution in [2.75, 3.05) is 11.5 Å². The maximum absolute atomic E-state index is 13.1. The minimum absolute atomic E-state index is 0.00354. The second-order valence-corrected chi connectivity index (χ2v) is 7.52. The Morgan fingerprint density at radius 1 is 1.47 bits per heavy atom. The topological polar surface area (TPSA) is 54.4 Å². The molecule has 1 atom stereocenters. The third-order valence-electron chi connectivity index (χ3n) is 2.89. The van der Waals surface area contributed by atoms with Gasteiger partial charge >= 0.3 is 0 Å². The van der Waals surface area contributed by atoms with Crippen LogP contribution in [0.5, 0.6) is 0 Å². The van der Waals surface area contributed by atoms with Crippen LogP contribution in [0.15, 0.2) is 22.7 Å². The van der Waals surface area contributed by atoms with E-state index < -0.39 is 21.3 Å². The van der Waals surface area contributed by atoms with Gasteiger partial charge < -0.3 is 5.11 Å². The van der Waals surface area contributed by atoms with E-state index >= 15 is 0 Å². The lowest BCUT2D eigenvalue weighted by Gasteiger charge is -2.21. The highest BCUT2D eigenvalue weighted by atomic mass is 79.9. The van der Waals surface area contributed by atoms with E-state index in [0.717, 1.165) is 0 Å². The van der Waals surface area contributed by atoms with Gasteiger partial charge in [0.1, 0.15) is 5.82 Å². The zero-order valence-corrected chi connectivity index (χ0v) is 11.4. The summed E-state index contributed by atoms with van der Waals surface area (Å²) in [5.74, 6) is -0.646. The van der Waals surface area contributed by atoms with Crippen LogP contribution in [0, 0.1) is 5.82 Å². The van der Waals surface area contributed by atoms with Crippen LogP contribution in [-0.4, -0.2) is 30.6 Å². The molecule has 1 aliphatic heterocycles. The first-order valence-electron chi connectivity index (χ1n) is 5.16. The van der Waals surface area contributed by atoms with Crippen molar-refractivity contribution >= 4 is 25.8 Å². The normalized spacial score (nSPS) is 27.2. The van der Waals surface area contributed by atoms with Crippen LogP contribution in [0.1, 0.15) is 12.0 Å². The van der Waals surface area contributed by atoms with Gasteiger partial charge in [-0.3, -0.25) is 0 Å². The zero-order chi connectivity index (χ0) is 12.7. The van der Waals surface area contributed by atoms with Crippen LogP contribution in [0.4, 0.5) is 4.39 Å². The lowest BCUT2D eigenvalue weighted by atomic mass is 9.94. The van der Waals surface area contributed by atoms with Crippen molar-refractivity contribution < 1.29 is 17.9 Å². The molecule has 1 aromatic carbocycles. The average molecular weight is 323 g/mol. The second-order valence-electron chi connectivity index (χ2n) is 4.48. The monoisotopic (exact) mass is 322 g/mol. The Kier molecular flexibility index (Phi) is 3.31. The molecule has 1 unspecified atom stereocenters. The highest BCUT2D eigenvalue weighted by Gasteiger charge is 2.40. The van der Waals surface area contributed by atoms with Crippen LogP contribution >= 0.6 is 15.9 Å². The second kappa shape index (κ2) is 4.33. The molecule has 1 fully saturated rings. The Bertz CT molecular complexity index is 544. The Labute approximate surface area is 108 Å². The molecule has 0 aromatic heterocycles. The van der Waals surface area contributed by atoms with E-state index in [1.165, 1.54) is 12.1 Å². The summed E-state index contributed by atoms with van der Waals surface area (Å²) in [6, 6.07) is 4.17. The van der Waals surface area contributed by atoms with E-state index in [4.69, 9.17) is 0 Å². The first-order valence-corrected chi connectivity index (χ1v) is 7.78. The number of aliphatic hydroxyl groups is 1. The van der Waals surface area contributed by atoms with Gasteiger partial charge in [-0.05, 0) is 30.2 Å². The summed E-state index contributed by atoms with van der Waals surface area (Å²) >= 11 is 3.26. The molecule has 3 nitrogen and oxygen atoms in total. The van der Waals surface area contributed by atoms with Gasteiger partial charge in [-0.25, -0.2) is 12.8 Å². The largest absolute Gasteiger partial charge is 0.388 e. The molecule has 17 heavy (non-hydrogen) atoms. The summed E-state index contributed by atoms with van der Waals surface area (Å²) in [6.07, 6.45) is 0.350. The molecule has 0 radical (unpaired) electrons. The van der Waals surface area contributed by atoms with Gasteiger partial charge in [0.2, 0.25) is 0 Å². The smallest absolute Gasteiger partial charge is 0.153 e. The lowest BCUT2D eigenvalue weighted by molar-refractivity contribution is 0.0679. The maximum Gasteiger partial charge on any atom is 0.153 e. The predicted octanol–water partition coefficient (Wildman–Crippen LogP) is 1.68. The third-order valence-corrected chi connectivity index (χ3v) is 5.47. The van der Waals surface area contributed by atoms with E-state index in [-0.39, 0.29) is 24.3 Å². The Hall–Kier alpha value is -0.460. The molecule has 0 aliphatic carbocycles. The molecule has 0 spiro atoms. The van der Waals surface area contributed by atoms with Gasteiger partial charge in [0, 0.05) is 10.9 Å². The summed E-state index contributed by atoms with van der Waals surface area (Å²) in [6.45, 7) is 0. The molecule has 2 rings (SSSR count). The van der Waals surface area contributed by atoms with Crippen molar-refractivity contribution in [3.8, 4) is 0 Å². The van der Waals surface area contributed by atoms with Crippen molar-refractivity contribution in [3.63, 3.8) is 0 Å². The molecule has 0 amide bonds. The summed E-state index contributed by atoms with van der Waals surface area (Å²) in [5, 5.41) is 10.2. The highest BCUT2D eigenvalue weighted by Crippen LogP contribution is 2.30. The lowest BCUT2D eigenvalue weighted by Crippen LogP contribution is -2.32. The molecule has 1 heterocycles. The first-order chi connectivity index (χ1) is 7.80. The molecule has 1 aromatic rings. The Morgan fingerprint density at radius 3 is 2.76 bits per heavy atom. The average Bonchev–Trinajstić information content (AvgIpc) is 2.47.